The molecule has 0 bridgehead atoms. The number of carbonyl (C=O) groups excluding carboxylic acids is 1. The van der Waals surface area contributed by atoms with Gasteiger partial charge in [0.05, 0.1) is 7.11 Å². The zero-order valence-corrected chi connectivity index (χ0v) is 11.6. The second kappa shape index (κ2) is 6.39. The number of aliphatic carboxylic acids is 1. The Morgan fingerprint density at radius 3 is 2.86 bits per heavy atom. The maximum absolute atomic E-state index is 13.5. The zero-order chi connectivity index (χ0) is 15.4. The third-order valence-electron chi connectivity index (χ3n) is 3.42. The first kappa shape index (κ1) is 15.0. The predicted molar refractivity (Wildman–Crippen MR) is 74.4 cm³/mol. The molecule has 0 unspecified atom stereocenters. The van der Waals surface area contributed by atoms with Crippen LogP contribution in [-0.2, 0) is 9.59 Å². The minimum atomic E-state index is -0.996. The fourth-order valence-corrected chi connectivity index (χ4v) is 2.34. The van der Waals surface area contributed by atoms with Gasteiger partial charge in [-0.25, -0.2) is 9.18 Å². The zero-order valence-electron chi connectivity index (χ0n) is 11.6. The van der Waals surface area contributed by atoms with Crippen LogP contribution in [-0.4, -0.2) is 41.6 Å². The Balaban J connectivity index is 2.08. The Labute approximate surface area is 121 Å². The van der Waals surface area contributed by atoms with Crippen LogP contribution in [0.5, 0.6) is 5.75 Å². The number of hydrogen-bond donors (Lipinski definition) is 1. The van der Waals surface area contributed by atoms with Gasteiger partial charge in [0.2, 0.25) is 5.91 Å². The Bertz CT molecular complexity index is 585. The highest BCUT2D eigenvalue weighted by molar-refractivity contribution is 5.94. The number of carboxylic acids is 1. The first-order chi connectivity index (χ1) is 10.0. The summed E-state index contributed by atoms with van der Waals surface area (Å²) in [5.74, 6) is -1.76. The third-order valence-corrected chi connectivity index (χ3v) is 3.42. The summed E-state index contributed by atoms with van der Waals surface area (Å²) in [5.41, 5.74) is 0.507. The van der Waals surface area contributed by atoms with Gasteiger partial charge >= 0.3 is 5.97 Å². The van der Waals surface area contributed by atoms with Crippen LogP contribution in [0.3, 0.4) is 0 Å². The standard InChI is InChI=1S/C15H16FNO4/c1-21-13-6-4-10(9-11(13)16)5-7-14(18)17-8-2-3-12(17)15(19)20/h4-7,9,12H,2-3,8H2,1H3,(H,19,20)/t12-/m1/s1. The molecule has 1 aromatic rings. The summed E-state index contributed by atoms with van der Waals surface area (Å²) in [6.07, 6.45) is 3.87. The maximum atomic E-state index is 13.5. The third kappa shape index (κ3) is 3.39. The van der Waals surface area contributed by atoms with Crippen molar-refractivity contribution in [2.45, 2.75) is 18.9 Å². The van der Waals surface area contributed by atoms with E-state index in [1.807, 2.05) is 0 Å². The van der Waals surface area contributed by atoms with E-state index in [0.717, 1.165) is 0 Å². The summed E-state index contributed by atoms with van der Waals surface area (Å²) in [6.45, 7) is 0.428. The number of likely N-dealkylation sites (tertiary alicyclic amines) is 1. The molecule has 0 aromatic heterocycles. The van der Waals surface area contributed by atoms with Gasteiger partial charge in [0.25, 0.3) is 0 Å². The number of benzene rings is 1. The molecule has 1 amide bonds. The Morgan fingerprint density at radius 1 is 1.48 bits per heavy atom. The lowest BCUT2D eigenvalue weighted by molar-refractivity contribution is -0.146. The number of rotatable bonds is 4. The molecule has 0 spiro atoms. The second-order valence-electron chi connectivity index (χ2n) is 4.76. The molecule has 2 rings (SSSR count). The van der Waals surface area contributed by atoms with Gasteiger partial charge in [0.1, 0.15) is 6.04 Å². The molecule has 1 aliphatic rings. The minimum Gasteiger partial charge on any atom is -0.494 e. The van der Waals surface area contributed by atoms with E-state index in [4.69, 9.17) is 9.84 Å². The lowest BCUT2D eigenvalue weighted by atomic mass is 10.2. The molecule has 21 heavy (non-hydrogen) atoms. The highest BCUT2D eigenvalue weighted by Crippen LogP contribution is 2.20. The maximum Gasteiger partial charge on any atom is 0.326 e. The van der Waals surface area contributed by atoms with Crippen molar-refractivity contribution in [3.63, 3.8) is 0 Å². The molecule has 1 atom stereocenters. The van der Waals surface area contributed by atoms with E-state index < -0.39 is 17.8 Å². The van der Waals surface area contributed by atoms with Crippen LogP contribution >= 0.6 is 0 Å². The number of ether oxygens (including phenoxy) is 1. The van der Waals surface area contributed by atoms with Crippen molar-refractivity contribution in [3.05, 3.63) is 35.7 Å². The van der Waals surface area contributed by atoms with E-state index in [-0.39, 0.29) is 11.7 Å². The smallest absolute Gasteiger partial charge is 0.326 e. The first-order valence-corrected chi connectivity index (χ1v) is 6.58. The van der Waals surface area contributed by atoms with Crippen molar-refractivity contribution < 1.29 is 23.8 Å². The van der Waals surface area contributed by atoms with Gasteiger partial charge in [-0.15, -0.1) is 0 Å². The molecule has 1 N–H and O–H groups in total. The van der Waals surface area contributed by atoms with Crippen LogP contribution in [0.4, 0.5) is 4.39 Å². The molecule has 1 aliphatic heterocycles. The van der Waals surface area contributed by atoms with Crippen LogP contribution < -0.4 is 4.74 Å². The molecule has 5 nitrogen and oxygen atoms in total. The monoisotopic (exact) mass is 293 g/mol. The summed E-state index contributed by atoms with van der Waals surface area (Å²) in [7, 11) is 1.37. The normalized spacial score (nSPS) is 18.2. The molecule has 1 saturated heterocycles. The highest BCUT2D eigenvalue weighted by Gasteiger charge is 2.32. The molecular weight excluding hydrogens is 277 g/mol. The van der Waals surface area contributed by atoms with E-state index in [0.29, 0.717) is 24.9 Å². The van der Waals surface area contributed by atoms with Gasteiger partial charge in [-0.2, -0.15) is 0 Å². The molecule has 1 aromatic carbocycles. The topological polar surface area (TPSA) is 66.8 Å². The summed E-state index contributed by atoms with van der Waals surface area (Å²) in [5, 5.41) is 9.03. The van der Waals surface area contributed by atoms with Crippen LogP contribution in [0.25, 0.3) is 6.08 Å². The lowest BCUT2D eigenvalue weighted by Crippen LogP contribution is -2.39. The van der Waals surface area contributed by atoms with Crippen molar-refractivity contribution in [3.8, 4) is 5.75 Å². The van der Waals surface area contributed by atoms with Crippen molar-refractivity contribution in [2.24, 2.45) is 0 Å². The van der Waals surface area contributed by atoms with Crippen molar-refractivity contribution in [1.29, 1.82) is 0 Å². The Hall–Kier alpha value is -2.37. The lowest BCUT2D eigenvalue weighted by Gasteiger charge is -2.19. The van der Waals surface area contributed by atoms with E-state index >= 15 is 0 Å². The average Bonchev–Trinajstić information content (AvgIpc) is 2.94. The van der Waals surface area contributed by atoms with Gasteiger partial charge < -0.3 is 14.7 Å². The quantitative estimate of drug-likeness (QED) is 0.861. The molecular formula is C15H16FNO4. The summed E-state index contributed by atoms with van der Waals surface area (Å²) in [6, 6.07) is 3.57. The van der Waals surface area contributed by atoms with Crippen LogP contribution in [0.1, 0.15) is 18.4 Å². The number of amides is 1. The Kier molecular flexibility index (Phi) is 4.57. The number of halogens is 1. The molecule has 0 saturated carbocycles. The van der Waals surface area contributed by atoms with Crippen LogP contribution in [0.2, 0.25) is 0 Å². The molecule has 6 heteroatoms. The van der Waals surface area contributed by atoms with E-state index in [1.165, 1.54) is 36.3 Å². The van der Waals surface area contributed by atoms with Gasteiger partial charge in [0.15, 0.2) is 11.6 Å². The fourth-order valence-electron chi connectivity index (χ4n) is 2.34. The second-order valence-corrected chi connectivity index (χ2v) is 4.76. The largest absolute Gasteiger partial charge is 0.494 e. The SMILES string of the molecule is COc1ccc(C=CC(=O)N2CCC[C@@H]2C(=O)O)cc1F. The summed E-state index contributed by atoms with van der Waals surface area (Å²) in [4.78, 5) is 24.3. The van der Waals surface area contributed by atoms with E-state index in [9.17, 15) is 14.0 Å². The van der Waals surface area contributed by atoms with Gasteiger partial charge in [-0.05, 0) is 36.6 Å². The molecule has 112 valence electrons. The fraction of sp³-hybridized carbons (Fsp3) is 0.333. The Morgan fingerprint density at radius 2 is 2.24 bits per heavy atom. The number of methoxy groups -OCH3 is 1. The van der Waals surface area contributed by atoms with Crippen molar-refractivity contribution in [1.82, 2.24) is 4.90 Å². The number of carbonyl (C=O) groups is 2. The summed E-state index contributed by atoms with van der Waals surface area (Å²) < 4.78 is 18.3. The molecule has 0 radical (unpaired) electrons. The molecule has 1 heterocycles. The van der Waals surface area contributed by atoms with Crippen molar-refractivity contribution in [2.75, 3.05) is 13.7 Å². The van der Waals surface area contributed by atoms with Crippen LogP contribution in [0, 0.1) is 5.82 Å². The van der Waals surface area contributed by atoms with E-state index in [2.05, 4.69) is 0 Å². The first-order valence-electron chi connectivity index (χ1n) is 6.58. The van der Waals surface area contributed by atoms with E-state index in [1.54, 1.807) is 6.07 Å². The number of hydrogen-bond acceptors (Lipinski definition) is 3. The minimum absolute atomic E-state index is 0.129. The average molecular weight is 293 g/mol. The van der Waals surface area contributed by atoms with Gasteiger partial charge in [-0.1, -0.05) is 6.07 Å². The molecule has 1 fully saturated rings. The molecule has 0 aliphatic carbocycles. The predicted octanol–water partition coefficient (Wildman–Crippen LogP) is 1.92. The van der Waals surface area contributed by atoms with Crippen molar-refractivity contribution >= 4 is 18.0 Å². The highest BCUT2D eigenvalue weighted by atomic mass is 19.1. The summed E-state index contributed by atoms with van der Waals surface area (Å²) >= 11 is 0. The van der Waals surface area contributed by atoms with Crippen LogP contribution in [0.15, 0.2) is 24.3 Å². The van der Waals surface area contributed by atoms with Gasteiger partial charge in [0, 0.05) is 12.6 Å². The number of carboxylic acid groups (broad SMARTS) is 1. The number of nitrogens with zero attached hydrogens (tertiary/aromatic N) is 1. The van der Waals surface area contributed by atoms with Gasteiger partial charge in [-0.3, -0.25) is 4.79 Å².